The SMILES string of the molecule is CC(C)NC(=O)CSc1ccccc1C(=O)NCc1ccccc1CN(C)C. The quantitative estimate of drug-likeness (QED) is 0.635. The molecule has 0 spiro atoms. The van der Waals surface area contributed by atoms with Gasteiger partial charge in [-0.3, -0.25) is 9.59 Å². The van der Waals surface area contributed by atoms with Gasteiger partial charge in [0.25, 0.3) is 5.91 Å². The number of carbonyl (C=O) groups excluding carboxylic acids is 2. The van der Waals surface area contributed by atoms with Gasteiger partial charge in [0.05, 0.1) is 11.3 Å². The number of carbonyl (C=O) groups is 2. The van der Waals surface area contributed by atoms with Crippen molar-refractivity contribution in [2.45, 2.75) is 37.9 Å². The fraction of sp³-hybridized carbons (Fsp3) is 0.364. The van der Waals surface area contributed by atoms with Crippen molar-refractivity contribution in [1.29, 1.82) is 0 Å². The molecule has 2 aromatic rings. The van der Waals surface area contributed by atoms with Crippen molar-refractivity contribution in [2.75, 3.05) is 19.8 Å². The second kappa shape index (κ2) is 10.9. The minimum atomic E-state index is -0.132. The lowest BCUT2D eigenvalue weighted by Crippen LogP contribution is -2.31. The minimum Gasteiger partial charge on any atom is -0.353 e. The standard InChI is InChI=1S/C22H29N3O2S/c1-16(2)24-21(26)15-28-20-12-8-7-11-19(20)22(27)23-13-17-9-5-6-10-18(17)14-25(3)4/h5-12,16H,13-15H2,1-4H3,(H,23,27)(H,24,26). The zero-order valence-corrected chi connectivity index (χ0v) is 17.8. The van der Waals surface area contributed by atoms with Gasteiger partial charge in [-0.1, -0.05) is 36.4 Å². The molecule has 0 atom stereocenters. The summed E-state index contributed by atoms with van der Waals surface area (Å²) in [6.07, 6.45) is 0. The van der Waals surface area contributed by atoms with Gasteiger partial charge in [0.2, 0.25) is 5.91 Å². The van der Waals surface area contributed by atoms with E-state index in [9.17, 15) is 9.59 Å². The summed E-state index contributed by atoms with van der Waals surface area (Å²) in [6, 6.07) is 15.6. The highest BCUT2D eigenvalue weighted by molar-refractivity contribution is 8.00. The third-order valence-electron chi connectivity index (χ3n) is 3.98. The molecule has 2 rings (SSSR count). The molecule has 2 N–H and O–H groups in total. The molecule has 150 valence electrons. The van der Waals surface area contributed by atoms with Crippen molar-refractivity contribution < 1.29 is 9.59 Å². The van der Waals surface area contributed by atoms with Gasteiger partial charge in [-0.2, -0.15) is 0 Å². The van der Waals surface area contributed by atoms with E-state index in [1.807, 2.05) is 64.3 Å². The number of benzene rings is 2. The van der Waals surface area contributed by atoms with Crippen LogP contribution in [0.1, 0.15) is 35.3 Å². The highest BCUT2D eigenvalue weighted by Gasteiger charge is 2.13. The third kappa shape index (κ3) is 7.02. The average molecular weight is 400 g/mol. The summed E-state index contributed by atoms with van der Waals surface area (Å²) < 4.78 is 0. The maximum Gasteiger partial charge on any atom is 0.252 e. The Bertz CT molecular complexity index is 806. The molecule has 0 aliphatic rings. The van der Waals surface area contributed by atoms with Gasteiger partial charge in [-0.25, -0.2) is 0 Å². The van der Waals surface area contributed by atoms with Crippen molar-refractivity contribution in [3.8, 4) is 0 Å². The lowest BCUT2D eigenvalue weighted by atomic mass is 10.1. The Morgan fingerprint density at radius 1 is 1.00 bits per heavy atom. The van der Waals surface area contributed by atoms with Gasteiger partial charge in [0.15, 0.2) is 0 Å². The number of thioether (sulfide) groups is 1. The molecule has 6 heteroatoms. The molecule has 0 aromatic heterocycles. The predicted molar refractivity (Wildman–Crippen MR) is 115 cm³/mol. The Morgan fingerprint density at radius 3 is 2.32 bits per heavy atom. The Morgan fingerprint density at radius 2 is 1.64 bits per heavy atom. The van der Waals surface area contributed by atoms with Crippen LogP contribution >= 0.6 is 11.8 Å². The first-order valence-electron chi connectivity index (χ1n) is 9.37. The van der Waals surface area contributed by atoms with E-state index in [4.69, 9.17) is 0 Å². The summed E-state index contributed by atoms with van der Waals surface area (Å²) in [5, 5.41) is 5.88. The fourth-order valence-corrected chi connectivity index (χ4v) is 3.64. The molecule has 0 saturated carbocycles. The molecule has 2 amide bonds. The van der Waals surface area contributed by atoms with Crippen LogP contribution in [0, 0.1) is 0 Å². The Hall–Kier alpha value is -2.31. The van der Waals surface area contributed by atoms with E-state index in [1.54, 1.807) is 6.07 Å². The second-order valence-corrected chi connectivity index (χ2v) is 8.21. The van der Waals surface area contributed by atoms with Crippen molar-refractivity contribution in [1.82, 2.24) is 15.5 Å². The lowest BCUT2D eigenvalue weighted by Gasteiger charge is -2.15. The molecule has 5 nitrogen and oxygen atoms in total. The minimum absolute atomic E-state index is 0.0344. The van der Waals surface area contributed by atoms with Crippen LogP contribution < -0.4 is 10.6 Å². The van der Waals surface area contributed by atoms with Crippen molar-refractivity contribution >= 4 is 23.6 Å². The van der Waals surface area contributed by atoms with Crippen LogP contribution in [0.5, 0.6) is 0 Å². The Kier molecular flexibility index (Phi) is 8.54. The van der Waals surface area contributed by atoms with Gasteiger partial charge >= 0.3 is 0 Å². The fourth-order valence-electron chi connectivity index (χ4n) is 2.78. The average Bonchev–Trinajstić information content (AvgIpc) is 2.64. The maximum atomic E-state index is 12.8. The first-order chi connectivity index (χ1) is 13.4. The number of rotatable bonds is 9. The zero-order chi connectivity index (χ0) is 20.5. The van der Waals surface area contributed by atoms with E-state index in [-0.39, 0.29) is 23.6 Å². The molecule has 2 aromatic carbocycles. The molecule has 0 saturated heterocycles. The van der Waals surface area contributed by atoms with Crippen molar-refractivity contribution in [3.05, 3.63) is 65.2 Å². The summed E-state index contributed by atoms with van der Waals surface area (Å²) in [4.78, 5) is 27.6. The first kappa shape index (κ1) is 22.0. The number of hydrogen-bond donors (Lipinski definition) is 2. The first-order valence-corrected chi connectivity index (χ1v) is 10.4. The number of nitrogens with one attached hydrogen (secondary N) is 2. The summed E-state index contributed by atoms with van der Waals surface area (Å²) in [6.45, 7) is 5.15. The summed E-state index contributed by atoms with van der Waals surface area (Å²) in [5.41, 5.74) is 2.89. The normalized spacial score (nSPS) is 10.9. The van der Waals surface area contributed by atoms with Crippen LogP contribution in [0.4, 0.5) is 0 Å². The monoisotopic (exact) mass is 399 g/mol. The third-order valence-corrected chi connectivity index (χ3v) is 5.06. The predicted octanol–water partition coefficient (Wildman–Crippen LogP) is 3.29. The molecule has 28 heavy (non-hydrogen) atoms. The highest BCUT2D eigenvalue weighted by Crippen LogP contribution is 2.22. The lowest BCUT2D eigenvalue weighted by molar-refractivity contribution is -0.119. The van der Waals surface area contributed by atoms with E-state index < -0.39 is 0 Å². The van der Waals surface area contributed by atoms with E-state index in [2.05, 4.69) is 21.6 Å². The van der Waals surface area contributed by atoms with Gasteiger partial charge in [0, 0.05) is 24.0 Å². The summed E-state index contributed by atoms with van der Waals surface area (Å²) >= 11 is 1.38. The second-order valence-electron chi connectivity index (χ2n) is 7.20. The van der Waals surface area contributed by atoms with Gasteiger partial charge in [-0.05, 0) is 51.2 Å². The number of hydrogen-bond acceptors (Lipinski definition) is 4. The molecule has 0 aliphatic carbocycles. The van der Waals surface area contributed by atoms with Crippen molar-refractivity contribution in [2.24, 2.45) is 0 Å². The Labute approximate surface area is 171 Å². The molecular formula is C22H29N3O2S. The van der Waals surface area contributed by atoms with Crippen LogP contribution in [-0.2, 0) is 17.9 Å². The van der Waals surface area contributed by atoms with Crippen LogP contribution in [0.15, 0.2) is 53.4 Å². The van der Waals surface area contributed by atoms with Gasteiger partial charge in [0.1, 0.15) is 0 Å². The van der Waals surface area contributed by atoms with Crippen LogP contribution in [-0.4, -0.2) is 42.6 Å². The topological polar surface area (TPSA) is 61.4 Å². The molecule has 0 fully saturated rings. The molecule has 0 radical (unpaired) electrons. The summed E-state index contributed by atoms with van der Waals surface area (Å²) in [7, 11) is 4.05. The Balaban J connectivity index is 2.02. The van der Waals surface area contributed by atoms with Gasteiger partial charge < -0.3 is 15.5 Å². The smallest absolute Gasteiger partial charge is 0.252 e. The van der Waals surface area contributed by atoms with E-state index >= 15 is 0 Å². The zero-order valence-electron chi connectivity index (χ0n) is 17.0. The number of nitrogens with zero attached hydrogens (tertiary/aromatic N) is 1. The molecule has 0 aliphatic heterocycles. The van der Waals surface area contributed by atoms with E-state index in [0.717, 1.165) is 17.0 Å². The van der Waals surface area contributed by atoms with E-state index in [0.29, 0.717) is 12.1 Å². The maximum absolute atomic E-state index is 12.8. The number of amides is 2. The molecule has 0 bridgehead atoms. The van der Waals surface area contributed by atoms with Gasteiger partial charge in [-0.15, -0.1) is 11.8 Å². The summed E-state index contributed by atoms with van der Waals surface area (Å²) in [5.74, 6) is 0.119. The molecular weight excluding hydrogens is 370 g/mol. The van der Waals surface area contributed by atoms with Crippen LogP contribution in [0.3, 0.4) is 0 Å². The van der Waals surface area contributed by atoms with E-state index in [1.165, 1.54) is 17.3 Å². The van der Waals surface area contributed by atoms with Crippen LogP contribution in [0.25, 0.3) is 0 Å². The molecule has 0 unspecified atom stereocenters. The van der Waals surface area contributed by atoms with Crippen LogP contribution in [0.2, 0.25) is 0 Å². The highest BCUT2D eigenvalue weighted by atomic mass is 32.2. The van der Waals surface area contributed by atoms with Crippen molar-refractivity contribution in [3.63, 3.8) is 0 Å². The molecule has 0 heterocycles. The largest absolute Gasteiger partial charge is 0.353 e.